The molecule has 12 heteroatoms. The van der Waals surface area contributed by atoms with Crippen molar-refractivity contribution in [2.45, 2.75) is 6.92 Å². The van der Waals surface area contributed by atoms with Crippen molar-refractivity contribution < 1.29 is 61.9 Å². The first kappa shape index (κ1) is 29.9. The number of thiazole rings is 1. The Morgan fingerprint density at radius 1 is 1.28 bits per heavy atom. The summed E-state index contributed by atoms with van der Waals surface area (Å²) >= 11 is 32.3. The smallest absolute Gasteiger partial charge is 0.514 e. The minimum Gasteiger partial charge on any atom is -0.514 e. The van der Waals surface area contributed by atoms with Gasteiger partial charge in [0.2, 0.25) is 0 Å². The Morgan fingerprint density at radius 2 is 1.83 bits per heavy atom. The van der Waals surface area contributed by atoms with Crippen molar-refractivity contribution in [2.24, 2.45) is 0 Å². The van der Waals surface area contributed by atoms with Gasteiger partial charge in [0.25, 0.3) is 0 Å². The van der Waals surface area contributed by atoms with Gasteiger partial charge in [0.05, 0.1) is 36.1 Å². The number of aromatic nitrogens is 1. The molecule has 0 aliphatic heterocycles. The number of rotatable bonds is 1. The Bertz CT molecular complexity index is 962. The molecule has 0 saturated heterocycles. The molecule has 3 N–H and O–H groups in total. The maximum absolute atomic E-state index is 9.96. The van der Waals surface area contributed by atoms with Gasteiger partial charge in [-0.1, -0.05) is 34.8 Å². The topological polar surface area (TPSA) is 51.0 Å². The summed E-state index contributed by atoms with van der Waals surface area (Å²) in [5.41, 5.74) is 6.94. The van der Waals surface area contributed by atoms with Crippen LogP contribution in [-0.4, -0.2) is 23.1 Å². The average Bonchev–Trinajstić information content (AvgIpc) is 2.99. The molecule has 0 saturated carbocycles. The molecule has 0 amide bonds. The van der Waals surface area contributed by atoms with Gasteiger partial charge in [-0.3, -0.25) is 4.39 Å². The summed E-state index contributed by atoms with van der Waals surface area (Å²) in [5, 5.41) is 1.89. The molecule has 1 heterocycles. The van der Waals surface area contributed by atoms with Crippen molar-refractivity contribution in [3.05, 3.63) is 55.4 Å². The maximum atomic E-state index is 9.96. The number of thiocarbonyl (C=S) groups is 1. The number of halogens is 4. The van der Waals surface area contributed by atoms with Crippen LogP contribution in [0.2, 0.25) is 15.1 Å². The van der Waals surface area contributed by atoms with Crippen molar-refractivity contribution in [1.82, 2.24) is 4.98 Å². The second kappa shape index (κ2) is 18.5. The zero-order valence-electron chi connectivity index (χ0n) is 16.5. The molecule has 0 spiro atoms. The molecule has 154 valence electrons. The SMILES string of the molecule is CCOC(=S)[S-].Nc1cc(Cl)ccc1Cl.S=c1[nH]c2cc(Cl)ccc2s1.[2H]CF.[K+]. The number of ether oxygens (including phenoxy) is 1. The number of alkyl halides is 1. The van der Waals surface area contributed by atoms with Gasteiger partial charge < -0.3 is 40.3 Å². The summed E-state index contributed by atoms with van der Waals surface area (Å²) < 4.78 is 22.2. The predicted octanol–water partition coefficient (Wildman–Crippen LogP) is 4.63. The molecule has 3 rings (SSSR count). The molecule has 3 aromatic rings. The second-order valence-electron chi connectivity index (χ2n) is 4.50. The van der Waals surface area contributed by atoms with Crippen LogP contribution in [0, 0.1) is 3.95 Å². The second-order valence-corrected chi connectivity index (χ2v) is 8.50. The Hall–Kier alpha value is 0.896. The third-order valence-corrected chi connectivity index (χ3v) is 4.87. The van der Waals surface area contributed by atoms with Crippen LogP contribution in [0.1, 0.15) is 8.29 Å². The fourth-order valence-electron chi connectivity index (χ4n) is 1.56. The quantitative estimate of drug-likeness (QED) is 0.197. The van der Waals surface area contributed by atoms with Crippen LogP contribution in [0.4, 0.5) is 10.1 Å². The van der Waals surface area contributed by atoms with Crippen molar-refractivity contribution in [3.63, 3.8) is 0 Å². The molecular weight excluding hydrogens is 541 g/mol. The zero-order chi connectivity index (χ0) is 22.4. The standard InChI is InChI=1S/C7H4ClNS2.C6H5Cl2N.C3H6OS2.CH3F.K/c8-4-1-2-6-5(3-4)9-7(10)11-6;7-4-1-2-5(8)6(9)3-4;1-2-4-3(5)6;1-2;/h1-3H,(H,9,10);1-3H,9H2;2H2,1H3,(H,5,6);1H3;/q;;;;+1/p-1/i;;;1D;. The van der Waals surface area contributed by atoms with Gasteiger partial charge in [-0.15, -0.1) is 11.3 Å². The van der Waals surface area contributed by atoms with Gasteiger partial charge in [0.1, 0.15) is 0 Å². The molecule has 1 aromatic heterocycles. The molecule has 2 aromatic carbocycles. The van der Waals surface area contributed by atoms with Gasteiger partial charge in [0.15, 0.2) is 3.95 Å². The first-order chi connectivity index (χ1) is 13.6. The fourth-order valence-corrected chi connectivity index (χ4v) is 3.36. The monoisotopic (exact) mass is 557 g/mol. The minimum absolute atomic E-state index is 0. The van der Waals surface area contributed by atoms with Gasteiger partial charge in [-0.25, -0.2) is 0 Å². The Morgan fingerprint density at radius 3 is 2.28 bits per heavy atom. The molecule has 0 unspecified atom stereocenters. The summed E-state index contributed by atoms with van der Waals surface area (Å²) in [7, 11) is -1.00. The van der Waals surface area contributed by atoms with Crippen molar-refractivity contribution in [3.8, 4) is 0 Å². The normalized spacial score (nSPS) is 9.21. The van der Waals surface area contributed by atoms with Gasteiger partial charge >= 0.3 is 51.4 Å². The Balaban J connectivity index is 0. The molecule has 0 atom stereocenters. The van der Waals surface area contributed by atoms with E-state index in [0.29, 0.717) is 22.3 Å². The fraction of sp³-hybridized carbons (Fsp3) is 0.176. The molecule has 29 heavy (non-hydrogen) atoms. The zero-order valence-corrected chi connectivity index (χ0v) is 24.2. The minimum atomic E-state index is -1.00. The van der Waals surface area contributed by atoms with E-state index in [4.69, 9.17) is 54.1 Å². The number of hydrogen-bond acceptors (Lipinski definition) is 6. The van der Waals surface area contributed by atoms with E-state index < -0.39 is 7.15 Å². The van der Waals surface area contributed by atoms with Crippen LogP contribution >= 0.6 is 70.6 Å². The average molecular weight is 559 g/mol. The Kier molecular flexibility index (Phi) is 19.0. The van der Waals surface area contributed by atoms with Crippen molar-refractivity contribution in [2.75, 3.05) is 19.5 Å². The first-order valence-electron chi connectivity index (χ1n) is 8.03. The number of anilines is 1. The van der Waals surface area contributed by atoms with E-state index in [9.17, 15) is 4.39 Å². The summed E-state index contributed by atoms with van der Waals surface area (Å²) in [5.74, 6) is 0. The van der Waals surface area contributed by atoms with Crippen molar-refractivity contribution >= 4 is 103 Å². The van der Waals surface area contributed by atoms with E-state index >= 15 is 0 Å². The summed E-state index contributed by atoms with van der Waals surface area (Å²) in [6.07, 6.45) is 0. The van der Waals surface area contributed by atoms with E-state index in [2.05, 4.69) is 34.6 Å². The number of aromatic amines is 1. The number of nitrogens with one attached hydrogen (secondary N) is 1. The number of nitrogen functional groups attached to an aromatic ring is 1. The van der Waals surface area contributed by atoms with Crippen LogP contribution in [0.3, 0.4) is 0 Å². The molecular formula is C17H17Cl3FKN2OS4. The molecule has 0 fully saturated rings. The Labute approximate surface area is 248 Å². The van der Waals surface area contributed by atoms with Crippen LogP contribution < -0.4 is 57.1 Å². The summed E-state index contributed by atoms with van der Waals surface area (Å²) in [6.45, 7) is 2.43. The third kappa shape index (κ3) is 14.6. The molecule has 3 nitrogen and oxygen atoms in total. The van der Waals surface area contributed by atoms with E-state index in [1.54, 1.807) is 29.5 Å². The number of nitrogens with two attached hydrogens (primary N) is 1. The molecule has 0 aliphatic rings. The van der Waals surface area contributed by atoms with E-state index in [1.807, 2.05) is 25.1 Å². The van der Waals surface area contributed by atoms with Crippen LogP contribution in [0.25, 0.3) is 10.2 Å². The number of hydrogen-bond donors (Lipinski definition) is 2. The van der Waals surface area contributed by atoms with E-state index in [-0.39, 0.29) is 55.8 Å². The first-order valence-corrected chi connectivity index (χ1v) is 10.5. The molecule has 0 bridgehead atoms. The van der Waals surface area contributed by atoms with Gasteiger partial charge in [0, 0.05) is 14.4 Å². The third-order valence-electron chi connectivity index (χ3n) is 2.60. The molecule has 0 radical (unpaired) electrons. The van der Waals surface area contributed by atoms with Crippen LogP contribution in [0.5, 0.6) is 0 Å². The largest absolute Gasteiger partial charge is 1.00 e. The van der Waals surface area contributed by atoms with Crippen LogP contribution in [-0.2, 0) is 17.4 Å². The summed E-state index contributed by atoms with van der Waals surface area (Å²) in [6, 6.07) is 10.7. The predicted molar refractivity (Wildman–Crippen MR) is 132 cm³/mol. The van der Waals surface area contributed by atoms with E-state index in [1.165, 1.54) is 0 Å². The number of fused-ring (bicyclic) bond motifs is 1. The van der Waals surface area contributed by atoms with Crippen LogP contribution in [0.15, 0.2) is 36.4 Å². The van der Waals surface area contributed by atoms with Gasteiger partial charge in [-0.2, -0.15) is 0 Å². The molecule has 0 aliphatic carbocycles. The number of H-pyrrole nitrogens is 1. The van der Waals surface area contributed by atoms with Crippen molar-refractivity contribution in [1.29, 1.82) is 0 Å². The maximum Gasteiger partial charge on any atom is 1.00 e. The van der Waals surface area contributed by atoms with E-state index in [0.717, 1.165) is 19.2 Å². The van der Waals surface area contributed by atoms with Gasteiger partial charge in [-0.05, 0) is 55.5 Å². The summed E-state index contributed by atoms with van der Waals surface area (Å²) in [4.78, 5) is 3.05. The number of benzene rings is 2.